The van der Waals surface area contributed by atoms with Crippen LogP contribution in [0.2, 0.25) is 0 Å². The summed E-state index contributed by atoms with van der Waals surface area (Å²) >= 11 is 14.9. The lowest BCUT2D eigenvalue weighted by Gasteiger charge is -2.35. The lowest BCUT2D eigenvalue weighted by molar-refractivity contribution is 0.0996. The number of benzene rings is 8. The van der Waals surface area contributed by atoms with Gasteiger partial charge < -0.3 is 37.9 Å². The van der Waals surface area contributed by atoms with Gasteiger partial charge in [-0.1, -0.05) is 112 Å². The fourth-order valence-corrected chi connectivity index (χ4v) is 11.6. The molecule has 0 saturated carbocycles. The molecule has 0 aromatic heterocycles. The van der Waals surface area contributed by atoms with E-state index in [1.54, 1.807) is 0 Å². The quantitative estimate of drug-likeness (QED) is 0.173. The maximum Gasteiger partial charge on any atom is 0.230 e. The highest BCUT2D eigenvalue weighted by Crippen LogP contribution is 2.56. The third-order valence-electron chi connectivity index (χ3n) is 13.6. The van der Waals surface area contributed by atoms with E-state index in [0.717, 1.165) is 84.7 Å². The first kappa shape index (κ1) is 42.2. The van der Waals surface area contributed by atoms with E-state index < -0.39 is 0 Å². The van der Waals surface area contributed by atoms with Crippen LogP contribution in [0.1, 0.15) is 90.4 Å². The SMILES string of the molecule is Brc1ccc(C2c3cc4c5cc3OCOc3cc6c(cc32)C(c2ccc(Br)cc2)c2cc3c(cc2OCO6)OCOc2cc(c(cc2C3c2ccc(Br)cc2)C4c2ccc(Br)cc2)OCO5)cc1. The van der Waals surface area contributed by atoms with Gasteiger partial charge in [0, 0.05) is 110 Å². The molecule has 68 heavy (non-hydrogen) atoms. The molecule has 13 rings (SSSR count). The minimum atomic E-state index is -0.375. The molecule has 8 nitrogen and oxygen atoms in total. The molecule has 0 saturated heterocycles. The zero-order chi connectivity index (χ0) is 45.6. The third-order valence-corrected chi connectivity index (χ3v) is 15.7. The molecular weight excluding hydrogens is 1120 g/mol. The van der Waals surface area contributed by atoms with Crippen molar-refractivity contribution in [2.75, 3.05) is 27.2 Å². The van der Waals surface area contributed by atoms with E-state index in [-0.39, 0.29) is 50.8 Å². The molecule has 336 valence electrons. The predicted octanol–water partition coefficient (Wildman–Crippen LogP) is 14.7. The lowest BCUT2D eigenvalue weighted by atomic mass is 9.75. The van der Waals surface area contributed by atoms with Gasteiger partial charge in [0.15, 0.2) is 0 Å². The minimum absolute atomic E-state index is 0.0503. The van der Waals surface area contributed by atoms with Gasteiger partial charge in [0.1, 0.15) is 46.0 Å². The van der Waals surface area contributed by atoms with Crippen molar-refractivity contribution < 1.29 is 37.9 Å². The van der Waals surface area contributed by atoms with E-state index in [1.165, 1.54) is 0 Å². The summed E-state index contributed by atoms with van der Waals surface area (Å²) in [4.78, 5) is 0. The van der Waals surface area contributed by atoms with Gasteiger partial charge in [-0.25, -0.2) is 0 Å². The second-order valence-electron chi connectivity index (χ2n) is 17.3. The highest BCUT2D eigenvalue weighted by molar-refractivity contribution is 9.11. The molecule has 8 aromatic rings. The molecule has 0 atom stereocenters. The van der Waals surface area contributed by atoms with Gasteiger partial charge in [-0.3, -0.25) is 0 Å². The molecule has 0 radical (unpaired) electrons. The maximum absolute atomic E-state index is 6.65. The topological polar surface area (TPSA) is 73.8 Å². The van der Waals surface area contributed by atoms with Gasteiger partial charge in [0.25, 0.3) is 0 Å². The number of hydrogen-bond donors (Lipinski definition) is 0. The Morgan fingerprint density at radius 2 is 0.397 bits per heavy atom. The van der Waals surface area contributed by atoms with Gasteiger partial charge in [0.05, 0.1) is 0 Å². The van der Waals surface area contributed by atoms with Crippen molar-refractivity contribution >= 4 is 63.7 Å². The Morgan fingerprint density at radius 1 is 0.235 bits per heavy atom. The van der Waals surface area contributed by atoms with E-state index >= 15 is 0 Å². The summed E-state index contributed by atoms with van der Waals surface area (Å²) in [5.41, 5.74) is 11.8. The largest absolute Gasteiger partial charge is 0.457 e. The van der Waals surface area contributed by atoms with Gasteiger partial charge in [0.2, 0.25) is 27.2 Å². The van der Waals surface area contributed by atoms with E-state index in [1.807, 2.05) is 24.3 Å². The molecule has 0 amide bonds. The molecule has 0 fully saturated rings. The average molecular weight is 1160 g/mol. The summed E-state index contributed by atoms with van der Waals surface area (Å²) in [5.74, 6) is 3.64. The number of halogens is 4. The smallest absolute Gasteiger partial charge is 0.230 e. The number of ether oxygens (including phenoxy) is 8. The summed E-state index contributed by atoms with van der Waals surface area (Å²) in [6.45, 7) is -0.201. The van der Waals surface area contributed by atoms with Crippen molar-refractivity contribution in [2.45, 2.75) is 23.7 Å². The summed E-state index contributed by atoms with van der Waals surface area (Å²) in [6.07, 6.45) is 0. The monoisotopic (exact) mass is 1150 g/mol. The van der Waals surface area contributed by atoms with Gasteiger partial charge >= 0.3 is 0 Å². The normalized spacial score (nSPS) is 19.0. The van der Waals surface area contributed by atoms with E-state index in [9.17, 15) is 0 Å². The molecule has 8 aromatic carbocycles. The Labute approximate surface area is 425 Å². The minimum Gasteiger partial charge on any atom is -0.457 e. The number of hydrogen-bond acceptors (Lipinski definition) is 8. The van der Waals surface area contributed by atoms with Crippen LogP contribution in [0.15, 0.2) is 163 Å². The van der Waals surface area contributed by atoms with Crippen molar-refractivity contribution in [3.05, 3.63) is 230 Å². The molecule has 5 aliphatic rings. The number of rotatable bonds is 4. The van der Waals surface area contributed by atoms with Crippen molar-refractivity contribution in [1.82, 2.24) is 0 Å². The van der Waals surface area contributed by atoms with Crippen LogP contribution in [0, 0.1) is 0 Å². The molecule has 4 heterocycles. The summed E-state index contributed by atoms with van der Waals surface area (Å²) in [6, 6.07) is 51.1. The average Bonchev–Trinajstić information content (AvgIpc) is 3.32. The molecule has 1 aliphatic carbocycles. The molecule has 0 N–H and O–H groups in total. The fourth-order valence-electron chi connectivity index (χ4n) is 10.5. The van der Waals surface area contributed by atoms with E-state index in [2.05, 4.69) is 185 Å². The Kier molecular flexibility index (Phi) is 10.5. The highest BCUT2D eigenvalue weighted by Gasteiger charge is 2.39. The second kappa shape index (κ2) is 16.9. The molecule has 0 spiro atoms. The van der Waals surface area contributed by atoms with Crippen LogP contribution in [-0.2, 0) is 0 Å². The molecule has 12 heteroatoms. The Morgan fingerprint density at radius 3 is 0.559 bits per heavy atom. The Balaban J connectivity index is 1.21. The molecule has 8 bridgehead atoms. The molecule has 4 aliphatic heterocycles. The van der Waals surface area contributed by atoms with Gasteiger partial charge in [-0.05, 0) is 95.1 Å². The van der Waals surface area contributed by atoms with Crippen LogP contribution in [0.5, 0.6) is 46.0 Å². The first-order valence-corrected chi connectivity index (χ1v) is 25.2. The molecule has 0 unspecified atom stereocenters. The van der Waals surface area contributed by atoms with E-state index in [4.69, 9.17) is 37.9 Å². The van der Waals surface area contributed by atoms with Crippen LogP contribution in [0.25, 0.3) is 0 Å². The summed E-state index contributed by atoms with van der Waals surface area (Å²) < 4.78 is 57.1. The maximum atomic E-state index is 6.65. The standard InChI is InChI=1S/C56H36Br4O8/c57-33-9-1-29(2-10-33)53-37-17-39-47-21-45(37)61-25-62-46-22-48-40(18-38(46)53)55(31-5-13-35(59)14-6-31)42-20-44-52(24-50(42)66-27-64-48)68-28-67-51-23-49(65-26-63-47)41(54(39)30-3-11-34(58)12-4-30)19-43(51)56(44)32-7-15-36(60)16-8-32/h1-24,53-56H,25-28H2. The van der Waals surface area contributed by atoms with Crippen LogP contribution in [-0.4, -0.2) is 27.2 Å². The van der Waals surface area contributed by atoms with Crippen molar-refractivity contribution in [2.24, 2.45) is 0 Å². The lowest BCUT2D eigenvalue weighted by Crippen LogP contribution is -2.23. The van der Waals surface area contributed by atoms with Gasteiger partial charge in [-0.2, -0.15) is 0 Å². The third kappa shape index (κ3) is 7.25. The zero-order valence-electron chi connectivity index (χ0n) is 35.8. The highest BCUT2D eigenvalue weighted by atomic mass is 79.9. The van der Waals surface area contributed by atoms with Crippen molar-refractivity contribution in [3.63, 3.8) is 0 Å². The second-order valence-corrected chi connectivity index (χ2v) is 20.9. The Bertz CT molecular complexity index is 2750. The first-order valence-electron chi connectivity index (χ1n) is 22.1. The van der Waals surface area contributed by atoms with Crippen LogP contribution < -0.4 is 37.9 Å². The van der Waals surface area contributed by atoms with Crippen LogP contribution in [0.4, 0.5) is 0 Å². The predicted molar refractivity (Wildman–Crippen MR) is 271 cm³/mol. The Hall–Kier alpha value is -5.92. The van der Waals surface area contributed by atoms with Crippen LogP contribution in [0.3, 0.4) is 0 Å². The van der Waals surface area contributed by atoms with E-state index in [0.29, 0.717) is 46.0 Å². The van der Waals surface area contributed by atoms with Crippen molar-refractivity contribution in [1.29, 1.82) is 0 Å². The zero-order valence-corrected chi connectivity index (χ0v) is 42.1. The first-order chi connectivity index (χ1) is 33.3. The summed E-state index contributed by atoms with van der Waals surface area (Å²) in [5, 5.41) is 0. The molecular formula is C56H36Br4O8. The van der Waals surface area contributed by atoms with Crippen LogP contribution >= 0.6 is 63.7 Å². The van der Waals surface area contributed by atoms with Gasteiger partial charge in [-0.15, -0.1) is 0 Å². The summed E-state index contributed by atoms with van der Waals surface area (Å²) in [7, 11) is 0. The van der Waals surface area contributed by atoms with Crippen molar-refractivity contribution in [3.8, 4) is 46.0 Å². The fraction of sp³-hybridized carbons (Fsp3) is 0.143.